The molecule has 416 valence electrons. The number of nitrogens with zero attached hydrogens (tertiary/aromatic N) is 2. The lowest BCUT2D eigenvalue weighted by molar-refractivity contribution is -0.149. The number of amides is 6. The van der Waals surface area contributed by atoms with Crippen molar-refractivity contribution in [1.29, 1.82) is 0 Å². The number of carbonyl (C=O) groups excluding carboxylic acids is 6. The molecule has 0 bridgehead atoms. The van der Waals surface area contributed by atoms with Crippen LogP contribution < -0.4 is 26.6 Å². The highest BCUT2D eigenvalue weighted by Gasteiger charge is 2.38. The van der Waals surface area contributed by atoms with E-state index in [1.807, 2.05) is 0 Å². The maximum absolute atomic E-state index is 13.9. The van der Waals surface area contributed by atoms with Gasteiger partial charge in [0.1, 0.15) is 73.2 Å². The number of carbonyl (C=O) groups is 6. The van der Waals surface area contributed by atoms with Crippen LogP contribution in [0.2, 0.25) is 0 Å². The van der Waals surface area contributed by atoms with Crippen LogP contribution in [0.3, 0.4) is 0 Å². The molecule has 0 aromatic heterocycles. The summed E-state index contributed by atoms with van der Waals surface area (Å²) in [7, 11) is 1.28. The first-order valence-corrected chi connectivity index (χ1v) is 21.9. The molecule has 33 nitrogen and oxygen atoms in total. The van der Waals surface area contributed by atoms with Crippen LogP contribution >= 0.6 is 0 Å². The molecule has 0 aromatic rings. The van der Waals surface area contributed by atoms with Gasteiger partial charge in [-0.15, -0.1) is 0 Å². The van der Waals surface area contributed by atoms with E-state index in [-0.39, 0.29) is 6.42 Å². The van der Waals surface area contributed by atoms with Gasteiger partial charge in [0.2, 0.25) is 11.8 Å². The standard InChI is InChI=1S/C38H73N7O26/c1-39-16(38(71)45(10-6-42-36(69)32(65)28(61)24(57)19(52)14-48)11-7-43-37(70)33(66)29(62)25(58)20(53)15-49)2-3-21(54)44(8-4-40-34(67)30(63)26(59)22(55)17(50)12-46)9-5-41-35(68)31(64)27(60)23(56)18(51)13-47/h16-20,22-33,39,46-53,55-66H,2-15H2,1H3,(H,40,67)(H,41,68)(H,42,69)(H,43,70)/t16-,17?,18?,19?,20?,22?,23?,24?,25?,26?,27?,28?,29?,30?,31?,32?,33?/m0/s1. The third-order valence-corrected chi connectivity index (χ3v) is 10.8. The predicted octanol–water partition coefficient (Wildman–Crippen LogP) is -16.8. The van der Waals surface area contributed by atoms with Crippen molar-refractivity contribution in [2.75, 3.05) is 85.8 Å². The summed E-state index contributed by atoms with van der Waals surface area (Å²) in [5, 5.41) is 206. The van der Waals surface area contributed by atoms with Crippen molar-refractivity contribution in [2.24, 2.45) is 0 Å². The maximum Gasteiger partial charge on any atom is 0.251 e. The van der Waals surface area contributed by atoms with Crippen molar-refractivity contribution in [3.8, 4) is 0 Å². The van der Waals surface area contributed by atoms with E-state index in [0.29, 0.717) is 0 Å². The Bertz CT molecular complexity index is 1500. The Morgan fingerprint density at radius 1 is 0.380 bits per heavy atom. The van der Waals surface area contributed by atoms with Gasteiger partial charge in [0.25, 0.3) is 23.6 Å². The summed E-state index contributed by atoms with van der Waals surface area (Å²) in [5.74, 6) is -7.01. The zero-order valence-electron chi connectivity index (χ0n) is 38.5. The first-order valence-electron chi connectivity index (χ1n) is 21.9. The fourth-order valence-electron chi connectivity index (χ4n) is 6.12. The average molecular weight is 1040 g/mol. The summed E-state index contributed by atoms with van der Waals surface area (Å²) < 4.78 is 0. The third-order valence-electron chi connectivity index (χ3n) is 10.8. The van der Waals surface area contributed by atoms with Gasteiger partial charge in [-0.25, -0.2) is 0 Å². The number of aliphatic hydroxyl groups is 20. The van der Waals surface area contributed by atoms with Crippen LogP contribution in [-0.4, -0.2) is 337 Å². The van der Waals surface area contributed by atoms with Gasteiger partial charge in [0, 0.05) is 58.8 Å². The maximum atomic E-state index is 13.9. The highest BCUT2D eigenvalue weighted by atomic mass is 16.4. The van der Waals surface area contributed by atoms with Crippen LogP contribution in [0.25, 0.3) is 0 Å². The molecule has 0 aliphatic heterocycles. The summed E-state index contributed by atoms with van der Waals surface area (Å²) in [6.07, 6.45) is -36.2. The molecule has 0 aliphatic carbocycles. The Morgan fingerprint density at radius 3 is 0.845 bits per heavy atom. The third kappa shape index (κ3) is 21.9. The molecular formula is C38H73N7O26. The van der Waals surface area contributed by atoms with Crippen LogP contribution in [0.4, 0.5) is 0 Å². The van der Waals surface area contributed by atoms with Crippen LogP contribution in [0.15, 0.2) is 0 Å². The molecule has 71 heavy (non-hydrogen) atoms. The lowest BCUT2D eigenvalue weighted by Gasteiger charge is -2.30. The van der Waals surface area contributed by atoms with Gasteiger partial charge >= 0.3 is 0 Å². The summed E-state index contributed by atoms with van der Waals surface area (Å²) in [6, 6.07) is -1.31. The van der Waals surface area contributed by atoms with Gasteiger partial charge in [0.15, 0.2) is 24.4 Å². The van der Waals surface area contributed by atoms with Gasteiger partial charge in [-0.05, 0) is 13.5 Å². The van der Waals surface area contributed by atoms with E-state index >= 15 is 0 Å². The second kappa shape index (κ2) is 34.4. The van der Waals surface area contributed by atoms with Crippen molar-refractivity contribution in [2.45, 2.75) is 117 Å². The van der Waals surface area contributed by atoms with Crippen molar-refractivity contribution in [3.05, 3.63) is 0 Å². The van der Waals surface area contributed by atoms with E-state index in [2.05, 4.69) is 26.6 Å². The molecule has 0 saturated carbocycles. The normalized spacial score (nSPS) is 19.0. The molecule has 17 atom stereocenters. The quantitative estimate of drug-likeness (QED) is 0.0275. The van der Waals surface area contributed by atoms with Crippen LogP contribution in [0.1, 0.15) is 12.8 Å². The number of aliphatic hydroxyl groups excluding tert-OH is 20. The van der Waals surface area contributed by atoms with Crippen LogP contribution in [-0.2, 0) is 28.8 Å². The molecular weight excluding hydrogens is 970 g/mol. The Hall–Kier alpha value is -4.02. The molecule has 0 heterocycles. The smallest absolute Gasteiger partial charge is 0.251 e. The van der Waals surface area contributed by atoms with Gasteiger partial charge in [-0.2, -0.15) is 0 Å². The largest absolute Gasteiger partial charge is 0.394 e. The Morgan fingerprint density at radius 2 is 0.620 bits per heavy atom. The molecule has 0 aliphatic rings. The molecule has 16 unspecified atom stereocenters. The number of rotatable bonds is 37. The number of likely N-dealkylation sites (N-methyl/N-ethyl adjacent to an activating group) is 1. The molecule has 6 amide bonds. The van der Waals surface area contributed by atoms with E-state index in [1.54, 1.807) is 0 Å². The van der Waals surface area contributed by atoms with Crippen LogP contribution in [0, 0.1) is 0 Å². The fraction of sp³-hybridized carbons (Fsp3) is 0.842. The molecule has 0 radical (unpaired) electrons. The first-order chi connectivity index (χ1) is 33.2. The summed E-state index contributed by atoms with van der Waals surface area (Å²) in [4.78, 5) is 79.8. The summed E-state index contributed by atoms with van der Waals surface area (Å²) >= 11 is 0. The van der Waals surface area contributed by atoms with E-state index in [9.17, 15) is 110 Å². The van der Waals surface area contributed by atoms with Crippen molar-refractivity contribution in [3.63, 3.8) is 0 Å². The molecule has 33 heteroatoms. The van der Waals surface area contributed by atoms with Gasteiger partial charge in [-0.3, -0.25) is 28.8 Å². The SMILES string of the molecule is CN[C@@H](CCC(=O)N(CCNC(=O)C(O)C(O)C(O)C(O)CO)CCNC(=O)C(O)C(O)C(O)C(O)CO)C(=O)N(CCNC(=O)C(O)C(O)C(O)C(O)CO)CCNC(=O)C(O)C(O)C(O)C(O)CO. The lowest BCUT2D eigenvalue weighted by atomic mass is 10.0. The van der Waals surface area contributed by atoms with Crippen molar-refractivity contribution >= 4 is 35.4 Å². The topological polar surface area (TPSA) is 574 Å². The van der Waals surface area contributed by atoms with Gasteiger partial charge in [-0.1, -0.05) is 0 Å². The van der Waals surface area contributed by atoms with E-state index in [0.717, 1.165) is 9.80 Å². The lowest BCUT2D eigenvalue weighted by Crippen LogP contribution is -2.54. The molecule has 25 N–H and O–H groups in total. The van der Waals surface area contributed by atoms with Crippen molar-refractivity contribution < 1.29 is 131 Å². The monoisotopic (exact) mass is 1040 g/mol. The van der Waals surface area contributed by atoms with E-state index < -0.39 is 224 Å². The van der Waals surface area contributed by atoms with Crippen LogP contribution in [0.5, 0.6) is 0 Å². The number of hydrogen-bond acceptors (Lipinski definition) is 27. The summed E-state index contributed by atoms with van der Waals surface area (Å²) in [6.45, 7) is -8.22. The highest BCUT2D eigenvalue weighted by Crippen LogP contribution is 2.11. The van der Waals surface area contributed by atoms with E-state index in [4.69, 9.17) is 20.4 Å². The second-order valence-electron chi connectivity index (χ2n) is 16.0. The molecule has 0 rings (SSSR count). The summed E-state index contributed by atoms with van der Waals surface area (Å²) in [5.41, 5.74) is 0. The zero-order chi connectivity index (χ0) is 54.9. The molecule has 0 spiro atoms. The van der Waals surface area contributed by atoms with Gasteiger partial charge in [0.05, 0.1) is 32.5 Å². The number of hydrogen-bond donors (Lipinski definition) is 25. The highest BCUT2D eigenvalue weighted by molar-refractivity contribution is 5.85. The minimum Gasteiger partial charge on any atom is -0.394 e. The number of nitrogens with one attached hydrogen (secondary N) is 5. The first kappa shape index (κ1) is 67.0. The molecule has 0 saturated heterocycles. The molecule has 0 fully saturated rings. The fourth-order valence-corrected chi connectivity index (χ4v) is 6.12. The minimum absolute atomic E-state index is 0.378. The predicted molar refractivity (Wildman–Crippen MR) is 232 cm³/mol. The van der Waals surface area contributed by atoms with E-state index in [1.165, 1.54) is 7.05 Å². The minimum atomic E-state index is -2.38. The second-order valence-corrected chi connectivity index (χ2v) is 16.0. The van der Waals surface area contributed by atoms with Crippen molar-refractivity contribution in [1.82, 2.24) is 36.4 Å². The zero-order valence-corrected chi connectivity index (χ0v) is 38.5. The molecule has 0 aromatic carbocycles. The average Bonchev–Trinajstić information content (AvgIpc) is 3.37. The Labute approximate surface area is 404 Å². The Kier molecular flexibility index (Phi) is 32.5. The van der Waals surface area contributed by atoms with Gasteiger partial charge < -0.3 is 139 Å². The Balaban J connectivity index is 6.35.